The summed E-state index contributed by atoms with van der Waals surface area (Å²) in [4.78, 5) is 20.0. The molecule has 0 fully saturated rings. The van der Waals surface area contributed by atoms with Crippen molar-refractivity contribution in [2.24, 2.45) is 0 Å². The highest BCUT2D eigenvalue weighted by atomic mass is 16.6. The fourth-order valence-corrected chi connectivity index (χ4v) is 3.16. The molecule has 0 saturated heterocycles. The molecule has 4 aromatic rings. The standard InChI is InChI=1S/C20H17N5O2/c1-13-7-5-8-14(2)17(13)22-19-18(23-20-21-11-6-12-24(19)20)15-9-3-4-10-16(15)25(26)27/h3-12,22H,1-2H3. The zero-order chi connectivity index (χ0) is 19.0. The molecule has 27 heavy (non-hydrogen) atoms. The average molecular weight is 359 g/mol. The zero-order valence-electron chi connectivity index (χ0n) is 14.9. The largest absolute Gasteiger partial charge is 0.339 e. The van der Waals surface area contributed by atoms with Gasteiger partial charge in [0.05, 0.1) is 10.5 Å². The van der Waals surface area contributed by atoms with E-state index in [2.05, 4.69) is 15.3 Å². The van der Waals surface area contributed by atoms with Crippen LogP contribution in [-0.4, -0.2) is 19.3 Å². The molecule has 0 bridgehead atoms. The molecule has 0 radical (unpaired) electrons. The lowest BCUT2D eigenvalue weighted by Gasteiger charge is -2.13. The normalized spacial score (nSPS) is 10.9. The van der Waals surface area contributed by atoms with E-state index < -0.39 is 4.92 Å². The number of benzene rings is 2. The third-order valence-electron chi connectivity index (χ3n) is 4.48. The molecule has 0 spiro atoms. The molecule has 0 aliphatic heterocycles. The SMILES string of the molecule is Cc1cccc(C)c1Nc1c(-c2ccccc2[N+](=O)[O-])nc2ncccn12. The molecule has 0 aliphatic rings. The van der Waals surface area contributed by atoms with Crippen LogP contribution in [0.3, 0.4) is 0 Å². The molecule has 2 aromatic heterocycles. The van der Waals surface area contributed by atoms with Crippen LogP contribution in [0.25, 0.3) is 17.0 Å². The molecule has 2 aromatic carbocycles. The number of nitrogens with one attached hydrogen (secondary N) is 1. The fourth-order valence-electron chi connectivity index (χ4n) is 3.16. The summed E-state index contributed by atoms with van der Waals surface area (Å²) in [6, 6.07) is 14.4. The molecule has 0 aliphatic carbocycles. The Morgan fingerprint density at radius 3 is 2.52 bits per heavy atom. The predicted octanol–water partition coefficient (Wildman–Crippen LogP) is 4.66. The highest BCUT2D eigenvalue weighted by Gasteiger charge is 2.23. The molecule has 0 unspecified atom stereocenters. The number of fused-ring (bicyclic) bond motifs is 1. The maximum atomic E-state index is 11.5. The van der Waals surface area contributed by atoms with Crippen LogP contribution in [-0.2, 0) is 0 Å². The lowest BCUT2D eigenvalue weighted by atomic mass is 10.1. The Morgan fingerprint density at radius 1 is 1.04 bits per heavy atom. The van der Waals surface area contributed by atoms with E-state index in [1.807, 2.05) is 38.2 Å². The van der Waals surface area contributed by atoms with Crippen LogP contribution in [0.5, 0.6) is 0 Å². The molecule has 0 saturated carbocycles. The molecule has 1 N–H and O–H groups in total. The van der Waals surface area contributed by atoms with Gasteiger partial charge in [-0.3, -0.25) is 14.5 Å². The Morgan fingerprint density at radius 2 is 1.78 bits per heavy atom. The van der Waals surface area contributed by atoms with E-state index in [4.69, 9.17) is 0 Å². The van der Waals surface area contributed by atoms with Gasteiger partial charge in [-0.2, -0.15) is 0 Å². The van der Waals surface area contributed by atoms with Crippen molar-refractivity contribution in [1.29, 1.82) is 0 Å². The summed E-state index contributed by atoms with van der Waals surface area (Å²) in [5.41, 5.74) is 4.03. The fraction of sp³-hybridized carbons (Fsp3) is 0.100. The summed E-state index contributed by atoms with van der Waals surface area (Å²) in [5.74, 6) is 1.11. The molecule has 7 heteroatoms. The van der Waals surface area contributed by atoms with Gasteiger partial charge in [-0.25, -0.2) is 9.97 Å². The highest BCUT2D eigenvalue weighted by molar-refractivity contribution is 5.84. The van der Waals surface area contributed by atoms with Crippen LogP contribution < -0.4 is 5.32 Å². The molecule has 0 amide bonds. The van der Waals surface area contributed by atoms with Crippen LogP contribution >= 0.6 is 0 Å². The highest BCUT2D eigenvalue weighted by Crippen LogP contribution is 2.36. The van der Waals surface area contributed by atoms with Crippen molar-refractivity contribution in [2.45, 2.75) is 13.8 Å². The molecule has 7 nitrogen and oxygen atoms in total. The van der Waals surface area contributed by atoms with Crippen LogP contribution in [0, 0.1) is 24.0 Å². The first-order chi connectivity index (χ1) is 13.1. The first-order valence-corrected chi connectivity index (χ1v) is 8.46. The third-order valence-corrected chi connectivity index (χ3v) is 4.48. The van der Waals surface area contributed by atoms with Gasteiger partial charge in [0.15, 0.2) is 0 Å². The summed E-state index contributed by atoms with van der Waals surface area (Å²) in [7, 11) is 0. The van der Waals surface area contributed by atoms with Crippen molar-refractivity contribution >= 4 is 23.0 Å². The minimum atomic E-state index is -0.393. The maximum Gasteiger partial charge on any atom is 0.278 e. The van der Waals surface area contributed by atoms with Crippen molar-refractivity contribution in [3.05, 3.63) is 82.2 Å². The minimum absolute atomic E-state index is 0.00506. The number of rotatable bonds is 4. The van der Waals surface area contributed by atoms with Crippen LogP contribution in [0.2, 0.25) is 0 Å². The van der Waals surface area contributed by atoms with Crippen molar-refractivity contribution in [1.82, 2.24) is 14.4 Å². The van der Waals surface area contributed by atoms with Crippen molar-refractivity contribution in [3.63, 3.8) is 0 Å². The van der Waals surface area contributed by atoms with Crippen molar-refractivity contribution in [2.75, 3.05) is 5.32 Å². The van der Waals surface area contributed by atoms with Crippen LogP contribution in [0.15, 0.2) is 60.9 Å². The monoisotopic (exact) mass is 359 g/mol. The summed E-state index contributed by atoms with van der Waals surface area (Å²) >= 11 is 0. The van der Waals surface area contributed by atoms with Crippen molar-refractivity contribution < 1.29 is 4.92 Å². The molecule has 2 heterocycles. The van der Waals surface area contributed by atoms with E-state index in [1.54, 1.807) is 34.9 Å². The first kappa shape index (κ1) is 16.7. The Labute approximate surface area is 155 Å². The predicted molar refractivity (Wildman–Crippen MR) is 104 cm³/mol. The van der Waals surface area contributed by atoms with E-state index in [1.165, 1.54) is 6.07 Å². The first-order valence-electron chi connectivity index (χ1n) is 8.46. The van der Waals surface area contributed by atoms with Gasteiger partial charge in [-0.05, 0) is 37.1 Å². The number of aryl methyl sites for hydroxylation is 2. The summed E-state index contributed by atoms with van der Waals surface area (Å²) in [6.07, 6.45) is 3.48. The topological polar surface area (TPSA) is 85.4 Å². The van der Waals surface area contributed by atoms with E-state index >= 15 is 0 Å². The van der Waals surface area contributed by atoms with Crippen molar-refractivity contribution in [3.8, 4) is 11.3 Å². The van der Waals surface area contributed by atoms with E-state index in [-0.39, 0.29) is 5.69 Å². The Kier molecular flexibility index (Phi) is 4.04. The molecular formula is C20H17N5O2. The summed E-state index contributed by atoms with van der Waals surface area (Å²) < 4.78 is 1.80. The van der Waals surface area contributed by atoms with Gasteiger partial charge in [-0.15, -0.1) is 0 Å². The van der Waals surface area contributed by atoms with Gasteiger partial charge in [0.2, 0.25) is 5.78 Å². The zero-order valence-corrected chi connectivity index (χ0v) is 14.9. The number of hydrogen-bond donors (Lipinski definition) is 1. The van der Waals surface area contributed by atoms with Gasteiger partial charge in [0, 0.05) is 24.1 Å². The van der Waals surface area contributed by atoms with Crippen LogP contribution in [0.4, 0.5) is 17.2 Å². The number of aromatic nitrogens is 3. The summed E-state index contributed by atoms with van der Waals surface area (Å²) in [6.45, 7) is 4.03. The molecule has 0 atom stereocenters. The summed E-state index contributed by atoms with van der Waals surface area (Å²) in [5, 5.41) is 15.0. The average Bonchev–Trinajstić information content (AvgIpc) is 3.03. The number of nitro benzene ring substituents is 1. The number of nitrogens with zero attached hydrogens (tertiary/aromatic N) is 4. The smallest absolute Gasteiger partial charge is 0.278 e. The lowest BCUT2D eigenvalue weighted by molar-refractivity contribution is -0.384. The Bertz CT molecular complexity index is 1150. The van der Waals surface area contributed by atoms with E-state index in [9.17, 15) is 10.1 Å². The molecular weight excluding hydrogens is 342 g/mol. The minimum Gasteiger partial charge on any atom is -0.339 e. The van der Waals surface area contributed by atoms with E-state index in [0.717, 1.165) is 16.8 Å². The van der Waals surface area contributed by atoms with Gasteiger partial charge in [-0.1, -0.05) is 30.3 Å². The molecule has 134 valence electrons. The Hall–Kier alpha value is -3.74. The lowest BCUT2D eigenvalue weighted by Crippen LogP contribution is -2.01. The quantitative estimate of drug-likeness (QED) is 0.423. The second-order valence-electron chi connectivity index (χ2n) is 6.26. The molecule has 4 rings (SSSR count). The third kappa shape index (κ3) is 2.89. The van der Waals surface area contributed by atoms with Gasteiger partial charge >= 0.3 is 0 Å². The second kappa shape index (κ2) is 6.53. The number of anilines is 2. The number of nitro groups is 1. The Balaban J connectivity index is 1.98. The maximum absolute atomic E-state index is 11.5. The van der Waals surface area contributed by atoms with E-state index in [0.29, 0.717) is 22.9 Å². The van der Waals surface area contributed by atoms with Gasteiger partial charge in [0.25, 0.3) is 5.69 Å². The number of hydrogen-bond acceptors (Lipinski definition) is 5. The van der Waals surface area contributed by atoms with Gasteiger partial charge < -0.3 is 5.32 Å². The van der Waals surface area contributed by atoms with Gasteiger partial charge in [0.1, 0.15) is 11.5 Å². The number of para-hydroxylation sites is 2. The van der Waals surface area contributed by atoms with Crippen LogP contribution in [0.1, 0.15) is 11.1 Å². The number of imidazole rings is 1. The second-order valence-corrected chi connectivity index (χ2v) is 6.26.